The molecule has 1 heterocycles. The SMILES string of the molecule is COc1ccc(OC(C)C(=O)Nc2ccc(C(=O)NCCNC(=O)c3cccs3)cc2)cc1. The van der Waals surface area contributed by atoms with E-state index in [1.54, 1.807) is 68.6 Å². The molecule has 1 aromatic heterocycles. The average Bonchev–Trinajstić information content (AvgIpc) is 3.37. The monoisotopic (exact) mass is 467 g/mol. The number of anilines is 1. The maximum Gasteiger partial charge on any atom is 0.265 e. The number of hydrogen-bond donors (Lipinski definition) is 3. The van der Waals surface area contributed by atoms with Gasteiger partial charge in [-0.25, -0.2) is 0 Å². The van der Waals surface area contributed by atoms with Gasteiger partial charge in [0.2, 0.25) is 0 Å². The van der Waals surface area contributed by atoms with Crippen LogP contribution < -0.4 is 25.4 Å². The zero-order valence-corrected chi connectivity index (χ0v) is 19.1. The van der Waals surface area contributed by atoms with Gasteiger partial charge in [-0.3, -0.25) is 14.4 Å². The van der Waals surface area contributed by atoms with Crippen LogP contribution in [-0.2, 0) is 4.79 Å². The first-order valence-electron chi connectivity index (χ1n) is 10.3. The fourth-order valence-corrected chi connectivity index (χ4v) is 3.45. The second-order valence-electron chi connectivity index (χ2n) is 6.99. The Hall–Kier alpha value is -3.85. The van der Waals surface area contributed by atoms with Crippen LogP contribution in [0, 0.1) is 0 Å². The first-order valence-corrected chi connectivity index (χ1v) is 11.2. The number of carbonyl (C=O) groups is 3. The van der Waals surface area contributed by atoms with Gasteiger partial charge in [-0.1, -0.05) is 6.07 Å². The Balaban J connectivity index is 1.42. The Kier molecular flexibility index (Phi) is 8.43. The molecular formula is C24H25N3O5S. The van der Waals surface area contributed by atoms with E-state index in [1.165, 1.54) is 11.3 Å². The molecule has 0 saturated carbocycles. The smallest absolute Gasteiger partial charge is 0.265 e. The lowest BCUT2D eigenvalue weighted by atomic mass is 10.2. The van der Waals surface area contributed by atoms with Crippen molar-refractivity contribution in [3.63, 3.8) is 0 Å². The van der Waals surface area contributed by atoms with E-state index >= 15 is 0 Å². The molecule has 0 radical (unpaired) electrons. The lowest BCUT2D eigenvalue weighted by Gasteiger charge is -2.15. The molecule has 0 aliphatic rings. The lowest BCUT2D eigenvalue weighted by molar-refractivity contribution is -0.122. The number of carbonyl (C=O) groups excluding carboxylic acids is 3. The third-order valence-corrected chi connectivity index (χ3v) is 5.47. The van der Waals surface area contributed by atoms with Crippen molar-refractivity contribution >= 4 is 34.7 Å². The van der Waals surface area contributed by atoms with Crippen LogP contribution in [0.25, 0.3) is 0 Å². The van der Waals surface area contributed by atoms with E-state index in [0.29, 0.717) is 40.7 Å². The van der Waals surface area contributed by atoms with E-state index in [4.69, 9.17) is 9.47 Å². The van der Waals surface area contributed by atoms with Crippen LogP contribution in [0.4, 0.5) is 5.69 Å². The second kappa shape index (κ2) is 11.7. The molecule has 3 aromatic rings. The van der Waals surface area contributed by atoms with Crippen LogP contribution in [0.1, 0.15) is 27.0 Å². The summed E-state index contributed by atoms with van der Waals surface area (Å²) in [5.41, 5.74) is 0.991. The molecule has 0 saturated heterocycles. The van der Waals surface area contributed by atoms with Crippen molar-refractivity contribution in [2.24, 2.45) is 0 Å². The van der Waals surface area contributed by atoms with Crippen LogP contribution in [0.3, 0.4) is 0 Å². The number of rotatable bonds is 10. The standard InChI is InChI=1S/C24H25N3O5S/c1-16(32-20-11-9-19(31-2)10-12-20)22(28)27-18-7-5-17(6-8-18)23(29)25-13-14-26-24(30)21-4-3-15-33-21/h3-12,15-16H,13-14H2,1-2H3,(H,25,29)(H,26,30)(H,27,28). The summed E-state index contributed by atoms with van der Waals surface area (Å²) in [5.74, 6) is 0.507. The maximum absolute atomic E-state index is 12.4. The Morgan fingerprint density at radius 2 is 1.52 bits per heavy atom. The number of benzene rings is 2. The molecule has 1 atom stereocenters. The minimum absolute atomic E-state index is 0.162. The highest BCUT2D eigenvalue weighted by Gasteiger charge is 2.15. The number of nitrogens with one attached hydrogen (secondary N) is 3. The van der Waals surface area contributed by atoms with Crippen molar-refractivity contribution in [2.75, 3.05) is 25.5 Å². The average molecular weight is 468 g/mol. The van der Waals surface area contributed by atoms with Crippen molar-refractivity contribution in [3.05, 3.63) is 76.5 Å². The molecule has 3 amide bonds. The van der Waals surface area contributed by atoms with Crippen molar-refractivity contribution in [1.82, 2.24) is 10.6 Å². The summed E-state index contributed by atoms with van der Waals surface area (Å²) in [6.45, 7) is 2.27. The topological polar surface area (TPSA) is 106 Å². The van der Waals surface area contributed by atoms with Gasteiger partial charge in [-0.2, -0.15) is 0 Å². The summed E-state index contributed by atoms with van der Waals surface area (Å²) in [6.07, 6.45) is -0.717. The van der Waals surface area contributed by atoms with Crippen LogP contribution in [0.15, 0.2) is 66.0 Å². The second-order valence-corrected chi connectivity index (χ2v) is 7.94. The Labute approximate surface area is 195 Å². The van der Waals surface area contributed by atoms with Crippen LogP contribution >= 0.6 is 11.3 Å². The highest BCUT2D eigenvalue weighted by atomic mass is 32.1. The number of thiophene rings is 1. The normalized spacial score (nSPS) is 11.2. The lowest BCUT2D eigenvalue weighted by Crippen LogP contribution is -2.34. The van der Waals surface area contributed by atoms with E-state index in [9.17, 15) is 14.4 Å². The fraction of sp³-hybridized carbons (Fsp3) is 0.208. The Morgan fingerprint density at radius 1 is 0.879 bits per heavy atom. The fourth-order valence-electron chi connectivity index (χ4n) is 2.81. The van der Waals surface area contributed by atoms with Crippen LogP contribution in [0.5, 0.6) is 11.5 Å². The van der Waals surface area contributed by atoms with Crippen molar-refractivity contribution in [3.8, 4) is 11.5 Å². The van der Waals surface area contributed by atoms with Crippen molar-refractivity contribution < 1.29 is 23.9 Å². The first kappa shape index (κ1) is 23.8. The predicted molar refractivity (Wildman–Crippen MR) is 127 cm³/mol. The molecule has 8 nitrogen and oxygen atoms in total. The number of hydrogen-bond acceptors (Lipinski definition) is 6. The van der Waals surface area contributed by atoms with E-state index < -0.39 is 6.10 Å². The van der Waals surface area contributed by atoms with E-state index in [-0.39, 0.29) is 17.7 Å². The zero-order valence-electron chi connectivity index (χ0n) is 18.3. The summed E-state index contributed by atoms with van der Waals surface area (Å²) in [6, 6.07) is 17.0. The van der Waals surface area contributed by atoms with Gasteiger partial charge in [0.1, 0.15) is 11.5 Å². The van der Waals surface area contributed by atoms with Gasteiger partial charge in [-0.05, 0) is 66.9 Å². The Bertz CT molecular complexity index is 1070. The molecular weight excluding hydrogens is 442 g/mol. The summed E-state index contributed by atoms with van der Waals surface area (Å²) < 4.78 is 10.7. The van der Waals surface area contributed by atoms with Gasteiger partial charge >= 0.3 is 0 Å². The van der Waals surface area contributed by atoms with Gasteiger partial charge in [0, 0.05) is 24.3 Å². The molecule has 0 aliphatic carbocycles. The Morgan fingerprint density at radius 3 is 2.12 bits per heavy atom. The third-order valence-electron chi connectivity index (χ3n) is 4.60. The van der Waals surface area contributed by atoms with E-state index in [1.807, 2.05) is 11.4 Å². The molecule has 0 spiro atoms. The molecule has 3 N–H and O–H groups in total. The number of ether oxygens (including phenoxy) is 2. The zero-order chi connectivity index (χ0) is 23.6. The first-order chi connectivity index (χ1) is 16.0. The predicted octanol–water partition coefficient (Wildman–Crippen LogP) is 3.32. The minimum Gasteiger partial charge on any atom is -0.497 e. The van der Waals surface area contributed by atoms with E-state index in [0.717, 1.165) is 0 Å². The molecule has 0 fully saturated rings. The molecule has 0 bridgehead atoms. The van der Waals surface area contributed by atoms with Gasteiger partial charge < -0.3 is 25.4 Å². The van der Waals surface area contributed by atoms with Gasteiger partial charge in [0.05, 0.1) is 12.0 Å². The highest BCUT2D eigenvalue weighted by molar-refractivity contribution is 7.12. The third kappa shape index (κ3) is 7.08. The number of methoxy groups -OCH3 is 1. The highest BCUT2D eigenvalue weighted by Crippen LogP contribution is 2.19. The van der Waals surface area contributed by atoms with Crippen molar-refractivity contribution in [2.45, 2.75) is 13.0 Å². The van der Waals surface area contributed by atoms with Gasteiger partial charge in [0.25, 0.3) is 17.7 Å². The quantitative estimate of drug-likeness (QED) is 0.397. The molecule has 0 aliphatic heterocycles. The minimum atomic E-state index is -0.717. The summed E-state index contributed by atoms with van der Waals surface area (Å²) in [5, 5.41) is 10.1. The molecule has 2 aromatic carbocycles. The van der Waals surface area contributed by atoms with E-state index in [2.05, 4.69) is 16.0 Å². The van der Waals surface area contributed by atoms with Crippen molar-refractivity contribution in [1.29, 1.82) is 0 Å². The molecule has 33 heavy (non-hydrogen) atoms. The number of amides is 3. The van der Waals surface area contributed by atoms with Crippen LogP contribution in [-0.4, -0.2) is 44.0 Å². The maximum atomic E-state index is 12.4. The molecule has 9 heteroatoms. The van der Waals surface area contributed by atoms with Gasteiger partial charge in [0.15, 0.2) is 6.10 Å². The summed E-state index contributed by atoms with van der Waals surface area (Å²) in [4.78, 5) is 37.2. The summed E-state index contributed by atoms with van der Waals surface area (Å²) in [7, 11) is 1.58. The van der Waals surface area contributed by atoms with Gasteiger partial charge in [-0.15, -0.1) is 11.3 Å². The molecule has 1 unspecified atom stereocenters. The summed E-state index contributed by atoms with van der Waals surface area (Å²) >= 11 is 1.36. The molecule has 3 rings (SSSR count). The van der Waals surface area contributed by atoms with Crippen LogP contribution in [0.2, 0.25) is 0 Å². The largest absolute Gasteiger partial charge is 0.497 e. The molecule has 172 valence electrons.